The Bertz CT molecular complexity index is 374. The Hall–Kier alpha value is -1.11. The monoisotopic (exact) mass is 238 g/mol. The van der Waals surface area contributed by atoms with Crippen molar-refractivity contribution < 1.29 is 9.90 Å². The molecule has 0 radical (unpaired) electrons. The molecule has 0 aliphatic heterocycles. The maximum atomic E-state index is 9.97. The van der Waals surface area contributed by atoms with E-state index >= 15 is 0 Å². The Morgan fingerprint density at radius 1 is 1.54 bits per heavy atom. The molecule has 0 aliphatic rings. The minimum absolute atomic E-state index is 0.0445. The third-order valence-corrected chi connectivity index (χ3v) is 2.27. The molecule has 0 bridgehead atoms. The predicted octanol–water partition coefficient (Wildman–Crippen LogP) is 1.49. The summed E-state index contributed by atoms with van der Waals surface area (Å²) in [5.41, 5.74) is 1.48. The van der Waals surface area contributed by atoms with Crippen LogP contribution in [0.4, 0.5) is 0 Å². The lowest BCUT2D eigenvalue weighted by atomic mass is 10.1. The van der Waals surface area contributed by atoms with E-state index in [1.54, 1.807) is 18.2 Å². The zero-order valence-corrected chi connectivity index (χ0v) is 8.34. The van der Waals surface area contributed by atoms with Crippen molar-refractivity contribution in [3.8, 4) is 11.8 Å². The van der Waals surface area contributed by atoms with Crippen LogP contribution in [0.25, 0.3) is 0 Å². The lowest BCUT2D eigenvalue weighted by Gasteiger charge is -1.99. The molecule has 1 aromatic rings. The lowest BCUT2D eigenvalue weighted by Crippen LogP contribution is -1.86. The molecule has 0 spiro atoms. The summed E-state index contributed by atoms with van der Waals surface area (Å²) in [5.74, 6) is 4.95. The van der Waals surface area contributed by atoms with Gasteiger partial charge in [-0.3, -0.25) is 4.79 Å². The number of aliphatic hydroxyl groups is 1. The van der Waals surface area contributed by atoms with E-state index in [0.29, 0.717) is 6.29 Å². The van der Waals surface area contributed by atoms with Crippen LogP contribution in [0.2, 0.25) is 0 Å². The first-order valence-electron chi connectivity index (χ1n) is 3.62. The van der Waals surface area contributed by atoms with E-state index in [2.05, 4.69) is 27.8 Å². The Morgan fingerprint density at radius 2 is 2.31 bits per heavy atom. The van der Waals surface area contributed by atoms with Crippen LogP contribution >= 0.6 is 15.9 Å². The van der Waals surface area contributed by atoms with Gasteiger partial charge in [-0.05, 0) is 29.7 Å². The summed E-state index contributed by atoms with van der Waals surface area (Å²) < 4.78 is 0.839. The fourth-order valence-corrected chi connectivity index (χ4v) is 1.26. The van der Waals surface area contributed by atoms with E-state index in [4.69, 9.17) is 5.11 Å². The Balaban J connectivity index is 3.06. The fraction of sp³-hybridized carbons (Fsp3) is 0.100. The van der Waals surface area contributed by atoms with Crippen LogP contribution in [0.3, 0.4) is 0 Å². The van der Waals surface area contributed by atoms with Crippen molar-refractivity contribution in [2.45, 2.75) is 6.61 Å². The molecular weight excluding hydrogens is 232 g/mol. The van der Waals surface area contributed by atoms with Crippen molar-refractivity contribution >= 4 is 22.2 Å². The average Bonchev–Trinajstić information content (AvgIpc) is 2.16. The maximum Gasteiger partial charge on any atom is 0.193 e. The molecule has 66 valence electrons. The van der Waals surface area contributed by atoms with Gasteiger partial charge in [-0.1, -0.05) is 21.9 Å². The van der Waals surface area contributed by atoms with E-state index in [9.17, 15) is 4.79 Å². The number of carbonyl (C=O) groups is 1. The predicted molar refractivity (Wildman–Crippen MR) is 53.0 cm³/mol. The second-order valence-electron chi connectivity index (χ2n) is 2.35. The van der Waals surface area contributed by atoms with Crippen molar-refractivity contribution in [3.05, 3.63) is 33.8 Å². The summed E-state index contributed by atoms with van der Waals surface area (Å²) >= 11 is 3.28. The van der Waals surface area contributed by atoms with Crippen molar-refractivity contribution in [2.75, 3.05) is 0 Å². The van der Waals surface area contributed by atoms with Crippen molar-refractivity contribution in [3.63, 3.8) is 0 Å². The molecule has 0 aliphatic carbocycles. The number of hydrogen-bond acceptors (Lipinski definition) is 2. The molecule has 0 aromatic heterocycles. The number of aliphatic hydroxyl groups excluding tert-OH is 1. The summed E-state index contributed by atoms with van der Waals surface area (Å²) in [6, 6.07) is 5.31. The molecule has 3 heteroatoms. The first kappa shape index (κ1) is 9.97. The van der Waals surface area contributed by atoms with Crippen LogP contribution in [-0.2, 0) is 11.4 Å². The summed E-state index contributed by atoms with van der Waals surface area (Å²) in [4.78, 5) is 9.97. The molecule has 1 N–H and O–H groups in total. The van der Waals surface area contributed by atoms with Crippen LogP contribution in [0.15, 0.2) is 22.7 Å². The number of carbonyl (C=O) groups excluding carboxylic acids is 1. The van der Waals surface area contributed by atoms with Crippen LogP contribution in [-0.4, -0.2) is 11.4 Å². The standard InChI is InChI=1S/C10H7BrO2/c11-10-4-3-8(2-1-5-12)6-9(10)7-13/h3-6,13H,7H2. The van der Waals surface area contributed by atoms with Gasteiger partial charge in [-0.25, -0.2) is 0 Å². The van der Waals surface area contributed by atoms with Gasteiger partial charge in [0.05, 0.1) is 6.61 Å². The molecule has 0 saturated carbocycles. The summed E-state index contributed by atoms with van der Waals surface area (Å²) in [7, 11) is 0. The molecule has 0 atom stereocenters. The van der Waals surface area contributed by atoms with Crippen LogP contribution in [0.5, 0.6) is 0 Å². The van der Waals surface area contributed by atoms with Gasteiger partial charge in [-0.15, -0.1) is 0 Å². The summed E-state index contributed by atoms with van der Waals surface area (Å²) in [6.07, 6.45) is 0.542. The lowest BCUT2D eigenvalue weighted by molar-refractivity contribution is -0.103. The highest BCUT2D eigenvalue weighted by molar-refractivity contribution is 9.10. The number of aldehydes is 1. The highest BCUT2D eigenvalue weighted by Crippen LogP contribution is 2.17. The third-order valence-electron chi connectivity index (χ3n) is 1.49. The Kier molecular flexibility index (Phi) is 3.69. The Labute approximate surface area is 84.7 Å². The molecular formula is C10H7BrO2. The molecule has 2 nitrogen and oxygen atoms in total. The second-order valence-corrected chi connectivity index (χ2v) is 3.21. The molecule has 13 heavy (non-hydrogen) atoms. The largest absolute Gasteiger partial charge is 0.392 e. The molecule has 1 aromatic carbocycles. The fourth-order valence-electron chi connectivity index (χ4n) is 0.886. The first-order valence-corrected chi connectivity index (χ1v) is 4.41. The van der Waals surface area contributed by atoms with E-state index in [1.807, 2.05) is 0 Å². The SMILES string of the molecule is O=CC#Cc1ccc(Br)c(CO)c1. The molecule has 0 saturated heterocycles. The normalized spacial score (nSPS) is 8.77. The van der Waals surface area contributed by atoms with Crippen molar-refractivity contribution in [1.82, 2.24) is 0 Å². The van der Waals surface area contributed by atoms with E-state index < -0.39 is 0 Å². The van der Waals surface area contributed by atoms with Crippen molar-refractivity contribution in [2.24, 2.45) is 0 Å². The maximum absolute atomic E-state index is 9.97. The van der Waals surface area contributed by atoms with E-state index in [1.165, 1.54) is 0 Å². The summed E-state index contributed by atoms with van der Waals surface area (Å²) in [6.45, 7) is -0.0445. The first-order chi connectivity index (χ1) is 6.27. The third kappa shape index (κ3) is 2.69. The van der Waals surface area contributed by atoms with Gasteiger partial charge in [-0.2, -0.15) is 0 Å². The molecule has 0 fully saturated rings. The molecule has 0 amide bonds. The molecule has 1 rings (SSSR count). The van der Waals surface area contributed by atoms with E-state index in [-0.39, 0.29) is 6.61 Å². The van der Waals surface area contributed by atoms with Crippen LogP contribution in [0.1, 0.15) is 11.1 Å². The number of benzene rings is 1. The van der Waals surface area contributed by atoms with Gasteiger partial charge in [0.25, 0.3) is 0 Å². The van der Waals surface area contributed by atoms with Crippen LogP contribution < -0.4 is 0 Å². The van der Waals surface area contributed by atoms with Gasteiger partial charge in [0.1, 0.15) is 0 Å². The second kappa shape index (κ2) is 4.80. The number of rotatable bonds is 1. The molecule has 0 heterocycles. The van der Waals surface area contributed by atoms with Gasteiger partial charge < -0.3 is 5.11 Å². The highest BCUT2D eigenvalue weighted by atomic mass is 79.9. The number of hydrogen-bond donors (Lipinski definition) is 1. The highest BCUT2D eigenvalue weighted by Gasteiger charge is 1.97. The minimum atomic E-state index is -0.0445. The smallest absolute Gasteiger partial charge is 0.193 e. The van der Waals surface area contributed by atoms with Gasteiger partial charge in [0.2, 0.25) is 0 Å². The topological polar surface area (TPSA) is 37.3 Å². The Morgan fingerprint density at radius 3 is 2.92 bits per heavy atom. The zero-order valence-electron chi connectivity index (χ0n) is 6.75. The summed E-state index contributed by atoms with van der Waals surface area (Å²) in [5, 5.41) is 8.92. The molecule has 0 unspecified atom stereocenters. The average molecular weight is 239 g/mol. The zero-order chi connectivity index (χ0) is 9.68. The quantitative estimate of drug-likeness (QED) is 0.595. The number of halogens is 1. The van der Waals surface area contributed by atoms with Gasteiger partial charge >= 0.3 is 0 Å². The van der Waals surface area contributed by atoms with Gasteiger partial charge in [0, 0.05) is 10.0 Å². The van der Waals surface area contributed by atoms with E-state index in [0.717, 1.165) is 15.6 Å². The van der Waals surface area contributed by atoms with Crippen LogP contribution in [0, 0.1) is 11.8 Å². The van der Waals surface area contributed by atoms with Crippen molar-refractivity contribution in [1.29, 1.82) is 0 Å². The van der Waals surface area contributed by atoms with Gasteiger partial charge in [0.15, 0.2) is 6.29 Å². The minimum Gasteiger partial charge on any atom is -0.392 e.